The van der Waals surface area contributed by atoms with Gasteiger partial charge in [0.25, 0.3) is 5.91 Å². The molecule has 5 nitrogen and oxygen atoms in total. The number of pyridine rings is 1. The molecular weight excluding hydrogens is 324 g/mol. The number of unbranched alkanes of at least 4 members (excludes halogenated alkanes) is 1. The summed E-state index contributed by atoms with van der Waals surface area (Å²) in [6.45, 7) is 2.78. The molecule has 0 aliphatic rings. The van der Waals surface area contributed by atoms with Crippen molar-refractivity contribution in [2.45, 2.75) is 19.8 Å². The van der Waals surface area contributed by atoms with E-state index in [9.17, 15) is 4.79 Å². The van der Waals surface area contributed by atoms with Crippen LogP contribution in [-0.4, -0.2) is 27.4 Å². The van der Waals surface area contributed by atoms with Crippen molar-refractivity contribution in [3.63, 3.8) is 0 Å². The van der Waals surface area contributed by atoms with E-state index in [4.69, 9.17) is 0 Å². The van der Waals surface area contributed by atoms with Crippen LogP contribution in [0.5, 0.6) is 0 Å². The highest BCUT2D eigenvalue weighted by molar-refractivity contribution is 6.05. The maximum atomic E-state index is 12.5. The van der Waals surface area contributed by atoms with Gasteiger partial charge in [-0.25, -0.2) is 4.98 Å². The van der Waals surface area contributed by atoms with Crippen LogP contribution in [0.25, 0.3) is 33.3 Å². The monoisotopic (exact) mass is 344 g/mol. The molecule has 0 saturated carbocycles. The lowest BCUT2D eigenvalue weighted by Gasteiger charge is -2.04. The summed E-state index contributed by atoms with van der Waals surface area (Å²) in [5.74, 6) is 0.577. The Kier molecular flexibility index (Phi) is 4.35. The Balaban J connectivity index is 1.72. The van der Waals surface area contributed by atoms with Crippen LogP contribution < -0.4 is 5.32 Å². The van der Waals surface area contributed by atoms with Crippen molar-refractivity contribution in [3.8, 4) is 11.5 Å². The minimum Gasteiger partial charge on any atom is -0.352 e. The molecule has 130 valence electrons. The molecule has 26 heavy (non-hydrogen) atoms. The van der Waals surface area contributed by atoms with Crippen molar-refractivity contribution in [1.29, 1.82) is 0 Å². The average Bonchev–Trinajstić information content (AvgIpc) is 3.12. The number of hydrogen-bond acceptors (Lipinski definition) is 3. The second-order valence-electron chi connectivity index (χ2n) is 6.31. The zero-order valence-electron chi connectivity index (χ0n) is 14.6. The third-order valence-electron chi connectivity index (χ3n) is 4.45. The molecule has 0 aliphatic carbocycles. The molecule has 5 heteroatoms. The number of amides is 1. The number of aromatic amines is 1. The van der Waals surface area contributed by atoms with E-state index in [0.717, 1.165) is 34.8 Å². The van der Waals surface area contributed by atoms with Gasteiger partial charge in [0.15, 0.2) is 5.82 Å². The molecule has 1 amide bonds. The van der Waals surface area contributed by atoms with Gasteiger partial charge in [-0.3, -0.25) is 9.78 Å². The molecule has 0 atom stereocenters. The Hall–Kier alpha value is -3.21. The lowest BCUT2D eigenvalue weighted by atomic mass is 10.1. The van der Waals surface area contributed by atoms with Crippen LogP contribution in [0.15, 0.2) is 54.7 Å². The summed E-state index contributed by atoms with van der Waals surface area (Å²) in [4.78, 5) is 24.9. The van der Waals surface area contributed by atoms with E-state index in [1.165, 1.54) is 0 Å². The molecule has 0 fully saturated rings. The fraction of sp³-hybridized carbons (Fsp3) is 0.190. The molecule has 2 N–H and O–H groups in total. The van der Waals surface area contributed by atoms with Gasteiger partial charge in [-0.15, -0.1) is 0 Å². The maximum Gasteiger partial charge on any atom is 0.253 e. The Bertz CT molecular complexity index is 1080. The standard InChI is InChI=1S/C21H20N4O/c1-2-3-11-22-21(26)16-9-6-10-17-19(16)25-20(24-17)18-12-14-7-4-5-8-15(14)13-23-18/h4-10,12-13H,2-3,11H2,1H3,(H,22,26)(H,24,25). The second-order valence-corrected chi connectivity index (χ2v) is 6.31. The molecule has 0 saturated heterocycles. The highest BCUT2D eigenvalue weighted by Gasteiger charge is 2.14. The van der Waals surface area contributed by atoms with Crippen LogP contribution in [0.2, 0.25) is 0 Å². The quantitative estimate of drug-likeness (QED) is 0.530. The van der Waals surface area contributed by atoms with Gasteiger partial charge in [0.2, 0.25) is 0 Å². The predicted molar refractivity (Wildman–Crippen MR) is 104 cm³/mol. The van der Waals surface area contributed by atoms with Crippen molar-refractivity contribution in [2.75, 3.05) is 6.54 Å². The first-order chi connectivity index (χ1) is 12.8. The number of H-pyrrole nitrogens is 1. The highest BCUT2D eigenvalue weighted by Crippen LogP contribution is 2.24. The topological polar surface area (TPSA) is 70.7 Å². The van der Waals surface area contributed by atoms with Crippen LogP contribution in [0, 0.1) is 0 Å². The Morgan fingerprint density at radius 2 is 1.96 bits per heavy atom. The van der Waals surface area contributed by atoms with E-state index in [1.54, 1.807) is 0 Å². The normalized spacial score (nSPS) is 11.1. The molecule has 2 heterocycles. The number of para-hydroxylation sites is 1. The summed E-state index contributed by atoms with van der Waals surface area (Å²) >= 11 is 0. The first-order valence-electron chi connectivity index (χ1n) is 8.88. The molecular formula is C21H20N4O. The minimum atomic E-state index is -0.0893. The SMILES string of the molecule is CCCCNC(=O)c1cccc2[nH]c(-c3cc4ccccc4cn3)nc12. The number of fused-ring (bicyclic) bond motifs is 2. The number of nitrogens with zero attached hydrogens (tertiary/aromatic N) is 2. The zero-order valence-corrected chi connectivity index (χ0v) is 14.6. The van der Waals surface area contributed by atoms with Gasteiger partial charge in [-0.05, 0) is 30.0 Å². The fourth-order valence-corrected chi connectivity index (χ4v) is 3.02. The van der Waals surface area contributed by atoms with Gasteiger partial charge in [0, 0.05) is 18.1 Å². The molecule has 4 rings (SSSR count). The van der Waals surface area contributed by atoms with Crippen molar-refractivity contribution < 1.29 is 4.79 Å². The molecule has 0 unspecified atom stereocenters. The number of rotatable bonds is 5. The minimum absolute atomic E-state index is 0.0893. The second kappa shape index (κ2) is 6.96. The van der Waals surface area contributed by atoms with Gasteiger partial charge in [0.1, 0.15) is 11.2 Å². The van der Waals surface area contributed by atoms with Gasteiger partial charge < -0.3 is 10.3 Å². The lowest BCUT2D eigenvalue weighted by Crippen LogP contribution is -2.24. The molecule has 2 aromatic carbocycles. The van der Waals surface area contributed by atoms with Gasteiger partial charge in [0.05, 0.1) is 11.1 Å². The van der Waals surface area contributed by atoms with Crippen molar-refractivity contribution >= 4 is 27.7 Å². The van der Waals surface area contributed by atoms with Crippen molar-refractivity contribution in [2.24, 2.45) is 0 Å². The average molecular weight is 344 g/mol. The van der Waals surface area contributed by atoms with E-state index < -0.39 is 0 Å². The molecule has 4 aromatic rings. The molecule has 0 aliphatic heterocycles. The molecule has 0 radical (unpaired) electrons. The zero-order chi connectivity index (χ0) is 17.9. The lowest BCUT2D eigenvalue weighted by molar-refractivity contribution is 0.0954. The third kappa shape index (κ3) is 3.04. The van der Waals surface area contributed by atoms with E-state index in [1.807, 2.05) is 48.7 Å². The summed E-state index contributed by atoms with van der Waals surface area (Å²) in [6, 6.07) is 15.7. The summed E-state index contributed by atoms with van der Waals surface area (Å²) in [5.41, 5.74) is 2.85. The van der Waals surface area contributed by atoms with Crippen LogP contribution in [0.4, 0.5) is 0 Å². The van der Waals surface area contributed by atoms with Gasteiger partial charge >= 0.3 is 0 Å². The van der Waals surface area contributed by atoms with E-state index in [2.05, 4.69) is 33.3 Å². The van der Waals surface area contributed by atoms with Crippen LogP contribution in [0.3, 0.4) is 0 Å². The molecule has 0 bridgehead atoms. The van der Waals surface area contributed by atoms with E-state index in [0.29, 0.717) is 23.4 Å². The summed E-state index contributed by atoms with van der Waals surface area (Å²) in [7, 11) is 0. The van der Waals surface area contributed by atoms with Crippen molar-refractivity contribution in [1.82, 2.24) is 20.3 Å². The van der Waals surface area contributed by atoms with E-state index >= 15 is 0 Å². The number of imidazole rings is 1. The summed E-state index contributed by atoms with van der Waals surface area (Å²) < 4.78 is 0. The first-order valence-corrected chi connectivity index (χ1v) is 8.88. The van der Waals surface area contributed by atoms with Gasteiger partial charge in [-0.2, -0.15) is 0 Å². The van der Waals surface area contributed by atoms with Crippen LogP contribution >= 0.6 is 0 Å². The Morgan fingerprint density at radius 1 is 1.12 bits per heavy atom. The summed E-state index contributed by atoms with van der Waals surface area (Å²) in [6.07, 6.45) is 3.86. The Labute approximate surface area is 151 Å². The predicted octanol–water partition coefficient (Wildman–Crippen LogP) is 4.31. The molecule has 0 spiro atoms. The largest absolute Gasteiger partial charge is 0.352 e. The number of hydrogen-bond donors (Lipinski definition) is 2. The number of benzene rings is 2. The third-order valence-corrected chi connectivity index (χ3v) is 4.45. The molecule has 2 aromatic heterocycles. The van der Waals surface area contributed by atoms with Crippen LogP contribution in [-0.2, 0) is 0 Å². The van der Waals surface area contributed by atoms with Gasteiger partial charge in [-0.1, -0.05) is 43.7 Å². The number of carbonyl (C=O) groups is 1. The first kappa shape index (κ1) is 16.3. The highest BCUT2D eigenvalue weighted by atomic mass is 16.1. The number of carbonyl (C=O) groups excluding carboxylic acids is 1. The fourth-order valence-electron chi connectivity index (χ4n) is 3.02. The Morgan fingerprint density at radius 3 is 2.81 bits per heavy atom. The van der Waals surface area contributed by atoms with Crippen LogP contribution in [0.1, 0.15) is 30.1 Å². The van der Waals surface area contributed by atoms with E-state index in [-0.39, 0.29) is 5.91 Å². The number of aromatic nitrogens is 3. The summed E-state index contributed by atoms with van der Waals surface area (Å²) in [5, 5.41) is 5.15. The smallest absolute Gasteiger partial charge is 0.253 e. The number of nitrogens with one attached hydrogen (secondary N) is 2. The maximum absolute atomic E-state index is 12.5. The van der Waals surface area contributed by atoms with Crippen molar-refractivity contribution in [3.05, 3.63) is 60.3 Å².